The molecule has 2 amide bonds. The van der Waals surface area contributed by atoms with Crippen LogP contribution in [-0.4, -0.2) is 36.2 Å². The third-order valence-electron chi connectivity index (χ3n) is 3.32. The number of hydrogen-bond acceptors (Lipinski definition) is 3. The molecule has 1 aliphatic heterocycles. The van der Waals surface area contributed by atoms with Crippen LogP contribution < -0.4 is 5.32 Å². The van der Waals surface area contributed by atoms with Gasteiger partial charge in [-0.2, -0.15) is 5.26 Å². The maximum Gasteiger partial charge on any atom is 0.322 e. The second-order valence-electron chi connectivity index (χ2n) is 5.23. The van der Waals surface area contributed by atoms with Crippen LogP contribution in [0.2, 0.25) is 0 Å². The van der Waals surface area contributed by atoms with E-state index >= 15 is 0 Å². The molecule has 106 valence electrons. The standard InChI is InChI=1S/C15H19N3O2/c1-10-4-5-13(7-16)6-14(10)17-15(19)18-8-11(2)20-12(3)9-18/h4-6,11-12H,8-9H2,1-3H3,(H,17,19)/t11-,12-/m0/s1. The molecule has 1 aromatic carbocycles. The average Bonchev–Trinajstić information content (AvgIpc) is 2.40. The van der Waals surface area contributed by atoms with Crippen LogP contribution in [0.4, 0.5) is 10.5 Å². The zero-order valence-corrected chi connectivity index (χ0v) is 12.0. The Bertz CT molecular complexity index is 541. The summed E-state index contributed by atoms with van der Waals surface area (Å²) in [5.41, 5.74) is 2.15. The van der Waals surface area contributed by atoms with E-state index in [9.17, 15) is 4.79 Å². The van der Waals surface area contributed by atoms with Crippen molar-refractivity contribution in [3.8, 4) is 6.07 Å². The molecule has 5 heteroatoms. The third kappa shape index (κ3) is 3.28. The Hall–Kier alpha value is -2.06. The van der Waals surface area contributed by atoms with E-state index in [4.69, 9.17) is 10.00 Å². The first-order valence-electron chi connectivity index (χ1n) is 6.71. The molecule has 1 fully saturated rings. The molecule has 5 nitrogen and oxygen atoms in total. The van der Waals surface area contributed by atoms with Gasteiger partial charge in [-0.05, 0) is 38.5 Å². The van der Waals surface area contributed by atoms with E-state index < -0.39 is 0 Å². The van der Waals surface area contributed by atoms with Gasteiger partial charge in [-0.15, -0.1) is 0 Å². The first-order chi connectivity index (χ1) is 9.49. The normalized spacial score (nSPS) is 22.2. The van der Waals surface area contributed by atoms with Crippen molar-refractivity contribution in [1.29, 1.82) is 5.26 Å². The van der Waals surface area contributed by atoms with Crippen LogP contribution in [0.25, 0.3) is 0 Å². The van der Waals surface area contributed by atoms with E-state index in [1.807, 2.05) is 26.8 Å². The molecule has 1 aromatic rings. The Morgan fingerprint density at radius 3 is 2.65 bits per heavy atom. The fourth-order valence-electron chi connectivity index (χ4n) is 2.36. The molecule has 2 rings (SSSR count). The van der Waals surface area contributed by atoms with Crippen LogP contribution in [0, 0.1) is 18.3 Å². The quantitative estimate of drug-likeness (QED) is 0.855. The maximum atomic E-state index is 12.3. The molecule has 20 heavy (non-hydrogen) atoms. The summed E-state index contributed by atoms with van der Waals surface area (Å²) in [5, 5.41) is 11.8. The van der Waals surface area contributed by atoms with E-state index in [0.717, 1.165) is 5.56 Å². The number of nitrogens with one attached hydrogen (secondary N) is 1. The molecular weight excluding hydrogens is 254 g/mol. The highest BCUT2D eigenvalue weighted by Crippen LogP contribution is 2.18. The number of amides is 2. The number of ether oxygens (including phenoxy) is 1. The van der Waals surface area contributed by atoms with E-state index in [2.05, 4.69) is 11.4 Å². The fraction of sp³-hybridized carbons (Fsp3) is 0.467. The van der Waals surface area contributed by atoms with Crippen LogP contribution in [0.5, 0.6) is 0 Å². The summed E-state index contributed by atoms with van der Waals surface area (Å²) in [6.45, 7) is 6.97. The SMILES string of the molecule is Cc1ccc(C#N)cc1NC(=O)N1C[C@H](C)O[C@@H](C)C1. The predicted octanol–water partition coefficient (Wildman–Crippen LogP) is 2.51. The van der Waals surface area contributed by atoms with Crippen LogP contribution in [0.3, 0.4) is 0 Å². The number of benzene rings is 1. The van der Waals surface area contributed by atoms with E-state index in [1.54, 1.807) is 17.0 Å². The number of nitriles is 1. The minimum atomic E-state index is -0.148. The van der Waals surface area contributed by atoms with Gasteiger partial charge < -0.3 is 15.0 Å². The highest BCUT2D eigenvalue weighted by atomic mass is 16.5. The topological polar surface area (TPSA) is 65.4 Å². The summed E-state index contributed by atoms with van der Waals surface area (Å²) in [6, 6.07) is 7.20. The Labute approximate surface area is 119 Å². The first kappa shape index (κ1) is 14.4. The van der Waals surface area contributed by atoms with Crippen molar-refractivity contribution in [2.24, 2.45) is 0 Å². The van der Waals surface area contributed by atoms with Crippen LogP contribution in [-0.2, 0) is 4.74 Å². The van der Waals surface area contributed by atoms with Gasteiger partial charge in [0.1, 0.15) is 0 Å². The van der Waals surface area contributed by atoms with Gasteiger partial charge in [-0.3, -0.25) is 0 Å². The number of hydrogen-bond donors (Lipinski definition) is 1. The molecule has 1 aliphatic rings. The largest absolute Gasteiger partial charge is 0.372 e. The molecular formula is C15H19N3O2. The van der Waals surface area contributed by atoms with Crippen LogP contribution in [0.1, 0.15) is 25.0 Å². The van der Waals surface area contributed by atoms with Gasteiger partial charge in [0.2, 0.25) is 0 Å². The Morgan fingerprint density at radius 2 is 2.05 bits per heavy atom. The number of urea groups is 1. The van der Waals surface area contributed by atoms with Gasteiger partial charge >= 0.3 is 6.03 Å². The zero-order valence-electron chi connectivity index (χ0n) is 12.0. The number of aryl methyl sites for hydroxylation is 1. The second kappa shape index (κ2) is 5.93. The van der Waals surface area contributed by atoms with Gasteiger partial charge in [0.15, 0.2) is 0 Å². The molecule has 2 atom stereocenters. The molecule has 0 unspecified atom stereocenters. The van der Waals surface area contributed by atoms with Crippen LogP contribution in [0.15, 0.2) is 18.2 Å². The molecule has 0 aromatic heterocycles. The van der Waals surface area contributed by atoms with Gasteiger partial charge in [-0.25, -0.2) is 4.79 Å². The molecule has 0 saturated carbocycles. The highest BCUT2D eigenvalue weighted by Gasteiger charge is 2.26. The lowest BCUT2D eigenvalue weighted by atomic mass is 10.1. The number of anilines is 1. The molecule has 0 aliphatic carbocycles. The fourth-order valence-corrected chi connectivity index (χ4v) is 2.36. The maximum absolute atomic E-state index is 12.3. The molecule has 0 spiro atoms. The van der Waals surface area contributed by atoms with E-state index in [0.29, 0.717) is 24.3 Å². The Balaban J connectivity index is 2.10. The number of carbonyl (C=O) groups is 1. The molecule has 0 radical (unpaired) electrons. The van der Waals surface area contributed by atoms with E-state index in [-0.39, 0.29) is 18.2 Å². The lowest BCUT2D eigenvalue weighted by Crippen LogP contribution is -2.49. The van der Waals surface area contributed by atoms with Gasteiger partial charge in [0, 0.05) is 18.8 Å². The minimum absolute atomic E-state index is 0.0380. The summed E-state index contributed by atoms with van der Waals surface area (Å²) in [5.74, 6) is 0. The van der Waals surface area contributed by atoms with Gasteiger partial charge in [-0.1, -0.05) is 6.07 Å². The zero-order chi connectivity index (χ0) is 14.7. The predicted molar refractivity (Wildman–Crippen MR) is 76.5 cm³/mol. The summed E-state index contributed by atoms with van der Waals surface area (Å²) < 4.78 is 5.61. The lowest BCUT2D eigenvalue weighted by Gasteiger charge is -2.35. The second-order valence-corrected chi connectivity index (χ2v) is 5.23. The van der Waals surface area contributed by atoms with Crippen molar-refractivity contribution in [3.63, 3.8) is 0 Å². The molecule has 1 heterocycles. The Morgan fingerprint density at radius 1 is 1.40 bits per heavy atom. The third-order valence-corrected chi connectivity index (χ3v) is 3.32. The van der Waals surface area contributed by atoms with Gasteiger partial charge in [0.25, 0.3) is 0 Å². The number of morpholine rings is 1. The van der Waals surface area contributed by atoms with Gasteiger partial charge in [0.05, 0.1) is 23.8 Å². The lowest BCUT2D eigenvalue weighted by molar-refractivity contribution is -0.0530. The summed E-state index contributed by atoms with van der Waals surface area (Å²) in [4.78, 5) is 14.0. The van der Waals surface area contributed by atoms with Crippen LogP contribution >= 0.6 is 0 Å². The highest BCUT2D eigenvalue weighted by molar-refractivity contribution is 5.90. The Kier molecular flexibility index (Phi) is 4.26. The monoisotopic (exact) mass is 273 g/mol. The van der Waals surface area contributed by atoms with E-state index in [1.165, 1.54) is 0 Å². The van der Waals surface area contributed by atoms with Crippen molar-refractivity contribution >= 4 is 11.7 Å². The minimum Gasteiger partial charge on any atom is -0.372 e. The van der Waals surface area contributed by atoms with Crippen molar-refractivity contribution in [3.05, 3.63) is 29.3 Å². The molecule has 1 N–H and O–H groups in total. The van der Waals surface area contributed by atoms with Crippen molar-refractivity contribution in [2.75, 3.05) is 18.4 Å². The number of nitrogens with zero attached hydrogens (tertiary/aromatic N) is 2. The number of carbonyl (C=O) groups excluding carboxylic acids is 1. The number of rotatable bonds is 1. The molecule has 0 bridgehead atoms. The van der Waals surface area contributed by atoms with Crippen molar-refractivity contribution < 1.29 is 9.53 Å². The first-order valence-corrected chi connectivity index (χ1v) is 6.71. The van der Waals surface area contributed by atoms with Crippen molar-refractivity contribution in [1.82, 2.24) is 4.90 Å². The summed E-state index contributed by atoms with van der Waals surface area (Å²) in [6.07, 6.45) is 0.0760. The average molecular weight is 273 g/mol. The smallest absolute Gasteiger partial charge is 0.322 e. The summed E-state index contributed by atoms with van der Waals surface area (Å²) >= 11 is 0. The molecule has 1 saturated heterocycles. The summed E-state index contributed by atoms with van der Waals surface area (Å²) in [7, 11) is 0. The van der Waals surface area contributed by atoms with Crippen molar-refractivity contribution in [2.45, 2.75) is 33.0 Å².